The molecule has 0 saturated carbocycles. The average molecular weight is 473 g/mol. The number of allylic oxidation sites excluding steroid dienone is 2. The number of nitrogens with one attached hydrogen (secondary N) is 1. The van der Waals surface area contributed by atoms with Crippen LogP contribution in [0.15, 0.2) is 61.5 Å². The van der Waals surface area contributed by atoms with Crippen molar-refractivity contribution in [3.63, 3.8) is 0 Å². The van der Waals surface area contributed by atoms with Gasteiger partial charge in [0.2, 0.25) is 0 Å². The number of hydrogen-bond donors (Lipinski definition) is 1. The van der Waals surface area contributed by atoms with E-state index >= 15 is 0 Å². The van der Waals surface area contributed by atoms with Gasteiger partial charge in [-0.3, -0.25) is 9.36 Å². The molecule has 0 saturated heterocycles. The van der Waals surface area contributed by atoms with Crippen LogP contribution in [0.4, 0.5) is 0 Å². The van der Waals surface area contributed by atoms with Crippen molar-refractivity contribution in [1.82, 2.24) is 9.55 Å². The zero-order chi connectivity index (χ0) is 23.5. The Balaban J connectivity index is 1.70. The molecule has 1 aliphatic rings. The SMILES string of the molecule is CCc1c(Sc2ccccc2)[nH]c(=O)n(CC2=CCC(CO[Si](C)(C)C(C)(C)C)C2)c1=O. The van der Waals surface area contributed by atoms with E-state index in [4.69, 9.17) is 4.43 Å². The molecule has 1 unspecified atom stereocenters. The van der Waals surface area contributed by atoms with Gasteiger partial charge in [-0.1, -0.05) is 69.3 Å². The smallest absolute Gasteiger partial charge is 0.329 e. The number of nitrogens with zero attached hydrogens (tertiary/aromatic N) is 1. The third kappa shape index (κ3) is 5.74. The lowest BCUT2D eigenvalue weighted by atomic mass is 10.1. The van der Waals surface area contributed by atoms with Crippen molar-refractivity contribution in [2.75, 3.05) is 6.61 Å². The summed E-state index contributed by atoms with van der Waals surface area (Å²) >= 11 is 1.43. The van der Waals surface area contributed by atoms with Crippen LogP contribution < -0.4 is 11.2 Å². The average Bonchev–Trinajstić information content (AvgIpc) is 3.17. The second-order valence-electron chi connectivity index (χ2n) is 10.1. The van der Waals surface area contributed by atoms with Crippen LogP contribution in [0.1, 0.15) is 46.1 Å². The molecule has 1 heterocycles. The van der Waals surface area contributed by atoms with Crippen molar-refractivity contribution < 1.29 is 4.43 Å². The number of aromatic amines is 1. The van der Waals surface area contributed by atoms with Gasteiger partial charge in [-0.25, -0.2) is 4.79 Å². The zero-order valence-corrected chi connectivity index (χ0v) is 22.0. The molecule has 0 bridgehead atoms. The summed E-state index contributed by atoms with van der Waals surface area (Å²) in [6.45, 7) is 14.4. The zero-order valence-electron chi connectivity index (χ0n) is 20.2. The molecule has 0 amide bonds. The molecule has 32 heavy (non-hydrogen) atoms. The van der Waals surface area contributed by atoms with E-state index in [9.17, 15) is 9.59 Å². The molecule has 0 aliphatic heterocycles. The van der Waals surface area contributed by atoms with Gasteiger partial charge in [-0.2, -0.15) is 0 Å². The van der Waals surface area contributed by atoms with Gasteiger partial charge in [0.1, 0.15) is 0 Å². The molecule has 1 aromatic carbocycles. The summed E-state index contributed by atoms with van der Waals surface area (Å²) in [4.78, 5) is 29.9. The molecule has 2 aromatic rings. The molecule has 7 heteroatoms. The van der Waals surface area contributed by atoms with Crippen LogP contribution in [0.3, 0.4) is 0 Å². The summed E-state index contributed by atoms with van der Waals surface area (Å²) in [5.74, 6) is 0.424. The molecule has 0 fully saturated rings. The van der Waals surface area contributed by atoms with Crippen LogP contribution in [0.25, 0.3) is 0 Å². The van der Waals surface area contributed by atoms with Gasteiger partial charge >= 0.3 is 5.69 Å². The Kier molecular flexibility index (Phi) is 7.73. The van der Waals surface area contributed by atoms with E-state index in [1.54, 1.807) is 0 Å². The van der Waals surface area contributed by atoms with Gasteiger partial charge in [0.25, 0.3) is 5.56 Å². The Hall–Kier alpha value is -1.83. The first-order chi connectivity index (χ1) is 15.0. The molecule has 174 valence electrons. The highest BCUT2D eigenvalue weighted by Crippen LogP contribution is 2.38. The van der Waals surface area contributed by atoms with Gasteiger partial charge in [-0.15, -0.1) is 0 Å². The normalized spacial score (nSPS) is 16.9. The number of hydrogen-bond acceptors (Lipinski definition) is 4. The highest BCUT2D eigenvalue weighted by Gasteiger charge is 2.37. The second kappa shape index (κ2) is 9.97. The van der Waals surface area contributed by atoms with Crippen LogP contribution in [0.2, 0.25) is 18.1 Å². The van der Waals surface area contributed by atoms with Crippen LogP contribution in [-0.2, 0) is 17.4 Å². The van der Waals surface area contributed by atoms with Gasteiger partial charge in [0, 0.05) is 17.1 Å². The lowest BCUT2D eigenvalue weighted by Crippen LogP contribution is -2.41. The number of benzene rings is 1. The maximum absolute atomic E-state index is 13.2. The van der Waals surface area contributed by atoms with Crippen LogP contribution >= 0.6 is 11.8 Å². The molecule has 1 aliphatic carbocycles. The van der Waals surface area contributed by atoms with Crippen LogP contribution in [0.5, 0.6) is 0 Å². The standard InChI is InChI=1S/C25H36N2O3SSi/c1-7-21-22(31-20-11-9-8-10-12-20)26-24(29)27(23(21)28)16-18-13-14-19(15-18)17-30-32(5,6)25(2,3)4/h8-13,19H,7,14-17H2,1-6H3,(H,26,29). The van der Waals surface area contributed by atoms with Crippen molar-refractivity contribution >= 4 is 20.1 Å². The monoisotopic (exact) mass is 472 g/mol. The molecule has 1 aromatic heterocycles. The first-order valence-electron chi connectivity index (χ1n) is 11.4. The number of H-pyrrole nitrogens is 1. The molecule has 1 N–H and O–H groups in total. The lowest BCUT2D eigenvalue weighted by Gasteiger charge is -2.37. The summed E-state index contributed by atoms with van der Waals surface area (Å²) in [6.07, 6.45) is 4.58. The third-order valence-corrected chi connectivity index (χ3v) is 12.3. The third-order valence-electron chi connectivity index (χ3n) is 6.70. The molecule has 3 rings (SSSR count). The topological polar surface area (TPSA) is 64.1 Å². The van der Waals surface area contributed by atoms with Gasteiger partial charge in [-0.05, 0) is 55.4 Å². The van der Waals surface area contributed by atoms with E-state index in [-0.39, 0.29) is 16.3 Å². The highest BCUT2D eigenvalue weighted by molar-refractivity contribution is 7.99. The van der Waals surface area contributed by atoms with Crippen LogP contribution in [0, 0.1) is 5.92 Å². The predicted molar refractivity (Wildman–Crippen MR) is 135 cm³/mol. The molecule has 1 atom stereocenters. The molecule has 0 spiro atoms. The lowest BCUT2D eigenvalue weighted by molar-refractivity contribution is 0.232. The van der Waals surface area contributed by atoms with Crippen molar-refractivity contribution in [1.29, 1.82) is 0 Å². The highest BCUT2D eigenvalue weighted by atomic mass is 32.2. The number of rotatable bonds is 8. The van der Waals surface area contributed by atoms with E-state index in [1.807, 2.05) is 37.3 Å². The summed E-state index contributed by atoms with van der Waals surface area (Å²) < 4.78 is 7.76. The fraction of sp³-hybridized carbons (Fsp3) is 0.520. The van der Waals surface area contributed by atoms with Gasteiger partial charge in [0.05, 0.1) is 11.6 Å². The summed E-state index contributed by atoms with van der Waals surface area (Å²) in [5, 5.41) is 0.837. The minimum atomic E-state index is -1.77. The largest absolute Gasteiger partial charge is 0.417 e. The predicted octanol–water partition coefficient (Wildman–Crippen LogP) is 5.61. The van der Waals surface area contributed by atoms with E-state index in [1.165, 1.54) is 16.3 Å². The van der Waals surface area contributed by atoms with Crippen molar-refractivity contribution in [2.45, 2.75) is 81.6 Å². The first kappa shape index (κ1) is 24.8. The minimum Gasteiger partial charge on any atom is -0.417 e. The summed E-state index contributed by atoms with van der Waals surface area (Å²) in [5.41, 5.74) is 1.28. The quantitative estimate of drug-likeness (QED) is 0.308. The first-order valence-corrected chi connectivity index (χ1v) is 15.1. The molecular weight excluding hydrogens is 436 g/mol. The minimum absolute atomic E-state index is 0.184. The molecule has 5 nitrogen and oxygen atoms in total. The van der Waals surface area contributed by atoms with Crippen molar-refractivity contribution in [3.8, 4) is 0 Å². The fourth-order valence-corrected chi connectivity index (χ4v) is 5.72. The van der Waals surface area contributed by atoms with E-state index in [0.717, 1.165) is 29.9 Å². The van der Waals surface area contributed by atoms with E-state index in [0.29, 0.717) is 29.5 Å². The Bertz CT molecular complexity index is 1080. The molecule has 0 radical (unpaired) electrons. The Morgan fingerprint density at radius 3 is 2.50 bits per heavy atom. The maximum Gasteiger partial charge on any atom is 0.329 e. The van der Waals surface area contributed by atoms with Gasteiger partial charge in [0.15, 0.2) is 8.32 Å². The van der Waals surface area contributed by atoms with E-state index < -0.39 is 8.32 Å². The second-order valence-corrected chi connectivity index (χ2v) is 16.0. The maximum atomic E-state index is 13.2. The summed E-state index contributed by atoms with van der Waals surface area (Å²) in [7, 11) is -1.77. The Morgan fingerprint density at radius 2 is 1.88 bits per heavy atom. The Morgan fingerprint density at radius 1 is 1.19 bits per heavy atom. The molecular formula is C25H36N2O3SSi. The van der Waals surface area contributed by atoms with E-state index in [2.05, 4.69) is 44.9 Å². The van der Waals surface area contributed by atoms with Crippen LogP contribution in [-0.4, -0.2) is 24.5 Å². The van der Waals surface area contributed by atoms with Gasteiger partial charge < -0.3 is 9.41 Å². The van der Waals surface area contributed by atoms with Crippen molar-refractivity contribution in [2.24, 2.45) is 5.92 Å². The fourth-order valence-electron chi connectivity index (χ4n) is 3.61. The van der Waals surface area contributed by atoms with Crippen molar-refractivity contribution in [3.05, 3.63) is 68.4 Å². The Labute approximate surface area is 196 Å². The summed E-state index contributed by atoms with van der Waals surface area (Å²) in [6, 6.07) is 9.80. The number of aromatic nitrogens is 2.